The topological polar surface area (TPSA) is 79.0 Å². The minimum Gasteiger partial charge on any atom is -0.367 e. The first-order chi connectivity index (χ1) is 10.8. The second kappa shape index (κ2) is 7.74. The molecule has 2 aliphatic rings. The molecule has 6 heteroatoms. The quantitative estimate of drug-likeness (QED) is 0.779. The maximum Gasteiger partial charge on any atom is 0.251 e. The molecule has 2 heterocycles. The van der Waals surface area contributed by atoms with Crippen molar-refractivity contribution in [2.45, 2.75) is 57.0 Å². The van der Waals surface area contributed by atoms with Crippen LogP contribution in [0, 0.1) is 0 Å². The van der Waals surface area contributed by atoms with Gasteiger partial charge < -0.3 is 15.4 Å². The normalized spacial score (nSPS) is 23.4. The van der Waals surface area contributed by atoms with Crippen LogP contribution in [0.3, 0.4) is 0 Å². The molecular weight excluding hydrogens is 280 g/mol. The van der Waals surface area contributed by atoms with Crippen molar-refractivity contribution in [1.82, 2.24) is 15.5 Å². The average molecular weight is 306 g/mol. The van der Waals surface area contributed by atoms with E-state index in [9.17, 15) is 4.79 Å². The van der Waals surface area contributed by atoms with Crippen LogP contribution in [0.25, 0.3) is 0 Å². The van der Waals surface area contributed by atoms with Gasteiger partial charge in [0.15, 0.2) is 5.82 Å². The molecule has 1 aliphatic carbocycles. The highest BCUT2D eigenvalue weighted by Crippen LogP contribution is 2.32. The van der Waals surface area contributed by atoms with E-state index in [1.165, 1.54) is 32.1 Å². The second-order valence-corrected chi connectivity index (χ2v) is 6.37. The van der Waals surface area contributed by atoms with Crippen molar-refractivity contribution in [2.75, 3.05) is 25.0 Å². The summed E-state index contributed by atoms with van der Waals surface area (Å²) in [5.41, 5.74) is 1.15. The molecule has 1 aliphatic heterocycles. The molecule has 2 fully saturated rings. The number of rotatable bonds is 5. The summed E-state index contributed by atoms with van der Waals surface area (Å²) in [6, 6.07) is 1.97. The van der Waals surface area contributed by atoms with E-state index in [1.807, 2.05) is 6.07 Å². The summed E-state index contributed by atoms with van der Waals surface area (Å²) in [5, 5.41) is 13.4. The van der Waals surface area contributed by atoms with Crippen LogP contribution in [0.15, 0.2) is 6.07 Å². The van der Waals surface area contributed by atoms with E-state index in [4.69, 9.17) is 4.74 Å². The number of carbonyl (C=O) groups excluding carboxylic acids is 1. The molecule has 0 radical (unpaired) electrons. The van der Waals surface area contributed by atoms with Gasteiger partial charge in [0.25, 0.3) is 5.91 Å². The number of carbonyl (C=O) groups is 1. The Balaban J connectivity index is 1.43. The van der Waals surface area contributed by atoms with Crippen LogP contribution in [-0.4, -0.2) is 41.9 Å². The number of hydrogen-bond acceptors (Lipinski definition) is 4. The van der Waals surface area contributed by atoms with Gasteiger partial charge >= 0.3 is 0 Å². The standard InChI is InChI=1S/C16H26N4O2/c21-16(11-22-13-7-4-8-17-10-13)18-15-9-14(19-20-15)12-5-2-1-3-6-12/h9,12-13,17H,1-8,10-11H2,(H2,18,19,20,21). The maximum absolute atomic E-state index is 11.9. The van der Waals surface area contributed by atoms with Crippen molar-refractivity contribution in [3.05, 3.63) is 11.8 Å². The van der Waals surface area contributed by atoms with Crippen LogP contribution < -0.4 is 10.6 Å². The monoisotopic (exact) mass is 306 g/mol. The van der Waals surface area contributed by atoms with Gasteiger partial charge in [0.1, 0.15) is 6.61 Å². The summed E-state index contributed by atoms with van der Waals surface area (Å²) in [5.74, 6) is 1.04. The lowest BCUT2D eigenvalue weighted by Gasteiger charge is -2.22. The number of anilines is 1. The zero-order valence-corrected chi connectivity index (χ0v) is 13.1. The lowest BCUT2D eigenvalue weighted by Crippen LogP contribution is -2.37. The summed E-state index contributed by atoms with van der Waals surface area (Å²) in [6.07, 6.45) is 8.62. The molecule has 0 bridgehead atoms. The number of aromatic amines is 1. The average Bonchev–Trinajstić information content (AvgIpc) is 3.03. The largest absolute Gasteiger partial charge is 0.367 e. The molecule has 0 spiro atoms. The number of piperidine rings is 1. The molecule has 0 aromatic carbocycles. The fourth-order valence-electron chi connectivity index (χ4n) is 3.36. The van der Waals surface area contributed by atoms with Crippen molar-refractivity contribution in [3.8, 4) is 0 Å². The third-order valence-corrected chi connectivity index (χ3v) is 4.61. The van der Waals surface area contributed by atoms with Gasteiger partial charge in [0.05, 0.1) is 6.10 Å². The lowest BCUT2D eigenvalue weighted by atomic mass is 9.87. The van der Waals surface area contributed by atoms with Crippen LogP contribution >= 0.6 is 0 Å². The van der Waals surface area contributed by atoms with Crippen LogP contribution in [0.4, 0.5) is 5.82 Å². The summed E-state index contributed by atoms with van der Waals surface area (Å²) in [7, 11) is 0. The third kappa shape index (κ3) is 4.30. The molecular formula is C16H26N4O2. The van der Waals surface area contributed by atoms with Crippen LogP contribution in [0.1, 0.15) is 56.6 Å². The number of nitrogens with zero attached hydrogens (tertiary/aromatic N) is 1. The number of ether oxygens (including phenoxy) is 1. The van der Waals surface area contributed by atoms with Crippen LogP contribution in [0.2, 0.25) is 0 Å². The molecule has 1 saturated heterocycles. The van der Waals surface area contributed by atoms with Crippen LogP contribution in [0.5, 0.6) is 0 Å². The molecule has 1 aromatic heterocycles. The van der Waals surface area contributed by atoms with Crippen molar-refractivity contribution < 1.29 is 9.53 Å². The Kier molecular flexibility index (Phi) is 5.45. The molecule has 3 N–H and O–H groups in total. The zero-order valence-electron chi connectivity index (χ0n) is 13.1. The SMILES string of the molecule is O=C(COC1CCCNC1)Nc1cc(C2CCCCC2)[nH]n1. The van der Waals surface area contributed by atoms with E-state index >= 15 is 0 Å². The second-order valence-electron chi connectivity index (χ2n) is 6.37. The number of H-pyrrole nitrogens is 1. The Bertz CT molecular complexity index is 476. The van der Waals surface area contributed by atoms with Crippen molar-refractivity contribution in [3.63, 3.8) is 0 Å². The van der Waals surface area contributed by atoms with Gasteiger partial charge in [-0.1, -0.05) is 19.3 Å². The van der Waals surface area contributed by atoms with Crippen LogP contribution in [-0.2, 0) is 9.53 Å². The lowest BCUT2D eigenvalue weighted by molar-refractivity contribution is -0.122. The van der Waals surface area contributed by atoms with Crippen molar-refractivity contribution >= 4 is 11.7 Å². The summed E-state index contributed by atoms with van der Waals surface area (Å²) in [4.78, 5) is 11.9. The molecule has 1 unspecified atom stereocenters. The van der Waals surface area contributed by atoms with E-state index < -0.39 is 0 Å². The summed E-state index contributed by atoms with van der Waals surface area (Å²) >= 11 is 0. The molecule has 122 valence electrons. The molecule has 3 rings (SSSR count). The number of nitrogens with one attached hydrogen (secondary N) is 3. The van der Waals surface area contributed by atoms with E-state index in [2.05, 4.69) is 20.8 Å². The first kappa shape index (κ1) is 15.5. The van der Waals surface area contributed by atoms with E-state index in [0.29, 0.717) is 11.7 Å². The Hall–Kier alpha value is -1.40. The van der Waals surface area contributed by atoms with E-state index in [1.54, 1.807) is 0 Å². The molecule has 1 aromatic rings. The van der Waals surface area contributed by atoms with Gasteiger partial charge in [-0.25, -0.2) is 0 Å². The van der Waals surface area contributed by atoms with Crippen molar-refractivity contribution in [1.29, 1.82) is 0 Å². The Morgan fingerprint density at radius 3 is 2.91 bits per heavy atom. The predicted octanol–water partition coefficient (Wildman–Crippen LogP) is 2.16. The highest BCUT2D eigenvalue weighted by molar-refractivity contribution is 5.90. The van der Waals surface area contributed by atoms with Gasteiger partial charge in [-0.3, -0.25) is 9.89 Å². The molecule has 22 heavy (non-hydrogen) atoms. The fraction of sp³-hybridized carbons (Fsp3) is 0.750. The molecule has 1 amide bonds. The van der Waals surface area contributed by atoms with Gasteiger partial charge in [-0.05, 0) is 32.2 Å². The maximum atomic E-state index is 11.9. The zero-order chi connectivity index (χ0) is 15.2. The van der Waals surface area contributed by atoms with Gasteiger partial charge in [0.2, 0.25) is 0 Å². The van der Waals surface area contributed by atoms with Gasteiger partial charge in [-0.15, -0.1) is 0 Å². The Labute approximate surface area is 131 Å². The van der Waals surface area contributed by atoms with Crippen molar-refractivity contribution in [2.24, 2.45) is 0 Å². The highest BCUT2D eigenvalue weighted by Gasteiger charge is 2.19. The number of amides is 1. The van der Waals surface area contributed by atoms with E-state index in [0.717, 1.165) is 31.6 Å². The highest BCUT2D eigenvalue weighted by atomic mass is 16.5. The smallest absolute Gasteiger partial charge is 0.251 e. The Morgan fingerprint density at radius 1 is 1.27 bits per heavy atom. The first-order valence-electron chi connectivity index (χ1n) is 8.49. The summed E-state index contributed by atoms with van der Waals surface area (Å²) < 4.78 is 5.63. The summed E-state index contributed by atoms with van der Waals surface area (Å²) in [6.45, 7) is 1.97. The third-order valence-electron chi connectivity index (χ3n) is 4.61. The molecule has 1 atom stereocenters. The van der Waals surface area contributed by atoms with Gasteiger partial charge in [-0.2, -0.15) is 5.10 Å². The predicted molar refractivity (Wildman–Crippen MR) is 84.9 cm³/mol. The Morgan fingerprint density at radius 2 is 2.14 bits per heavy atom. The fourth-order valence-corrected chi connectivity index (χ4v) is 3.36. The minimum atomic E-state index is -0.132. The minimum absolute atomic E-state index is 0.0952. The number of aromatic nitrogens is 2. The van der Waals surface area contributed by atoms with Gasteiger partial charge in [0, 0.05) is 24.2 Å². The van der Waals surface area contributed by atoms with E-state index in [-0.39, 0.29) is 18.6 Å². The first-order valence-corrected chi connectivity index (χ1v) is 8.49. The molecule has 1 saturated carbocycles. The number of hydrogen-bond donors (Lipinski definition) is 3. The molecule has 6 nitrogen and oxygen atoms in total.